The summed E-state index contributed by atoms with van der Waals surface area (Å²) in [6.07, 6.45) is 6.77. The van der Waals surface area contributed by atoms with Crippen LogP contribution in [-0.2, 0) is 43.2 Å². The van der Waals surface area contributed by atoms with Gasteiger partial charge in [-0.3, -0.25) is 34.2 Å². The summed E-state index contributed by atoms with van der Waals surface area (Å²) in [4.78, 5) is 95.4. The van der Waals surface area contributed by atoms with E-state index in [0.717, 1.165) is 16.5 Å². The van der Waals surface area contributed by atoms with Crippen LogP contribution in [0.3, 0.4) is 0 Å². The number of H-pyrrole nitrogens is 2. The van der Waals surface area contributed by atoms with Crippen molar-refractivity contribution in [3.8, 4) is 0 Å². The molecule has 18 nitrogen and oxygen atoms in total. The Morgan fingerprint density at radius 2 is 1.32 bits per heavy atom. The molecule has 0 radical (unpaired) electrons. The van der Waals surface area contributed by atoms with Crippen molar-refractivity contribution in [2.75, 3.05) is 26.2 Å². The summed E-state index contributed by atoms with van der Waals surface area (Å²) in [5.74, 6) is -3.66. The molecule has 0 saturated carbocycles. The molecule has 0 spiro atoms. The number of carbonyl (C=O) groups is 6. The molecular weight excluding hydrogens is 829 g/mol. The Hall–Kier alpha value is -7.50. The number of nitrogens with one attached hydrogen (secondary N) is 9. The number of nitrogens with two attached hydrogens (primary N) is 1. The second-order valence-corrected chi connectivity index (χ2v) is 15.7. The minimum Gasteiger partial charge on any atom is -0.370 e. The van der Waals surface area contributed by atoms with Crippen molar-refractivity contribution >= 4 is 52.3 Å². The molecule has 3 aromatic carbocycles. The van der Waals surface area contributed by atoms with Crippen molar-refractivity contribution in [3.63, 3.8) is 0 Å². The lowest BCUT2D eigenvalue weighted by molar-refractivity contribution is -0.138. The third kappa shape index (κ3) is 15.1. The van der Waals surface area contributed by atoms with Crippen LogP contribution in [-0.4, -0.2) is 112 Å². The molecular formula is C47H60N12O6. The van der Waals surface area contributed by atoms with Gasteiger partial charge in [-0.05, 0) is 55.0 Å². The molecule has 5 rings (SSSR count). The number of nitrogens with zero attached hydrogens (tertiary/aromatic N) is 2. The zero-order valence-corrected chi connectivity index (χ0v) is 36.8. The van der Waals surface area contributed by atoms with Gasteiger partial charge in [0.25, 0.3) is 5.91 Å². The number of para-hydroxylation sites is 1. The predicted molar refractivity (Wildman–Crippen MR) is 247 cm³/mol. The molecule has 2 aromatic heterocycles. The average molecular weight is 889 g/mol. The number of rotatable bonds is 25. The van der Waals surface area contributed by atoms with Crippen molar-refractivity contribution in [3.05, 3.63) is 126 Å². The van der Waals surface area contributed by atoms with E-state index < -0.39 is 60.2 Å². The van der Waals surface area contributed by atoms with E-state index in [1.165, 1.54) is 6.33 Å². The van der Waals surface area contributed by atoms with Gasteiger partial charge in [0.2, 0.25) is 29.5 Å². The average Bonchev–Trinajstić information content (AvgIpc) is 3.98. The Morgan fingerprint density at radius 3 is 1.98 bits per heavy atom. The maximum atomic E-state index is 14.5. The van der Waals surface area contributed by atoms with E-state index in [9.17, 15) is 28.8 Å². The smallest absolute Gasteiger partial charge is 0.251 e. The molecule has 0 aliphatic rings. The summed E-state index contributed by atoms with van der Waals surface area (Å²) in [7, 11) is 0. The largest absolute Gasteiger partial charge is 0.370 e. The summed E-state index contributed by atoms with van der Waals surface area (Å²) in [5, 5.41) is 25.1. The number of aromatic nitrogens is 3. The molecule has 65 heavy (non-hydrogen) atoms. The molecule has 6 amide bonds. The Bertz CT molecular complexity index is 2330. The fourth-order valence-corrected chi connectivity index (χ4v) is 7.41. The first-order valence-electron chi connectivity index (χ1n) is 21.9. The highest BCUT2D eigenvalue weighted by atomic mass is 16.2. The highest BCUT2D eigenvalue weighted by Gasteiger charge is 2.33. The highest BCUT2D eigenvalue weighted by molar-refractivity contribution is 5.98. The number of amides is 6. The van der Waals surface area contributed by atoms with Crippen molar-refractivity contribution in [2.45, 2.75) is 83.0 Å². The first-order chi connectivity index (χ1) is 31.4. The third-order valence-corrected chi connectivity index (χ3v) is 10.6. The lowest BCUT2D eigenvalue weighted by Crippen LogP contribution is -2.59. The summed E-state index contributed by atoms with van der Waals surface area (Å²) in [6, 6.07) is 20.4. The Morgan fingerprint density at radius 1 is 0.708 bits per heavy atom. The van der Waals surface area contributed by atoms with Crippen LogP contribution < -0.4 is 37.6 Å². The lowest BCUT2D eigenvalue weighted by atomic mass is 10.0. The Labute approximate surface area is 378 Å². The van der Waals surface area contributed by atoms with Gasteiger partial charge < -0.3 is 52.5 Å². The van der Waals surface area contributed by atoms with Crippen molar-refractivity contribution in [1.29, 1.82) is 5.41 Å². The van der Waals surface area contributed by atoms with Crippen molar-refractivity contribution in [2.24, 2.45) is 5.73 Å². The van der Waals surface area contributed by atoms with E-state index in [-0.39, 0.29) is 44.1 Å². The molecule has 0 saturated heterocycles. The summed E-state index contributed by atoms with van der Waals surface area (Å²) in [6.45, 7) is 4.74. The number of benzene rings is 3. The van der Waals surface area contributed by atoms with Gasteiger partial charge in [-0.2, -0.15) is 0 Å². The molecule has 0 fully saturated rings. The van der Waals surface area contributed by atoms with Gasteiger partial charge in [0.1, 0.15) is 24.2 Å². The maximum Gasteiger partial charge on any atom is 0.251 e. The molecule has 0 aliphatic heterocycles. The second-order valence-electron chi connectivity index (χ2n) is 15.7. The molecule has 11 N–H and O–H groups in total. The zero-order valence-electron chi connectivity index (χ0n) is 36.8. The van der Waals surface area contributed by atoms with Crippen LogP contribution in [0.25, 0.3) is 10.9 Å². The molecule has 344 valence electrons. The van der Waals surface area contributed by atoms with Crippen LogP contribution in [0.5, 0.6) is 0 Å². The molecule has 0 aliphatic carbocycles. The number of aromatic amines is 2. The fourth-order valence-electron chi connectivity index (χ4n) is 7.41. The lowest BCUT2D eigenvalue weighted by Gasteiger charge is -2.29. The van der Waals surface area contributed by atoms with Gasteiger partial charge in [0.15, 0.2) is 5.96 Å². The molecule has 0 unspecified atom stereocenters. The van der Waals surface area contributed by atoms with Gasteiger partial charge in [0, 0.05) is 67.8 Å². The number of carbonyl (C=O) groups excluding carboxylic acids is 6. The van der Waals surface area contributed by atoms with Crippen LogP contribution in [0.4, 0.5) is 0 Å². The van der Waals surface area contributed by atoms with Gasteiger partial charge in [-0.25, -0.2) is 4.98 Å². The first kappa shape index (κ1) is 48.5. The number of hydrogen-bond donors (Lipinski definition) is 10. The summed E-state index contributed by atoms with van der Waals surface area (Å²) >= 11 is 0. The maximum absolute atomic E-state index is 14.5. The fraction of sp³-hybridized carbons (Fsp3) is 0.362. The SMILES string of the molecule is CCCN(CCC)C(=O)[C@@H](Cc1c[nH]c2ccccc12)NC(=O)[C@H](CCCNC(=N)N)NC(=O)[C@@H](Cc1ccccc1)NC(=O)[C@H](Cc1c[nH]cn1)NC(=O)CNC(=O)c1ccccc1. The van der Waals surface area contributed by atoms with Crippen LogP contribution in [0.2, 0.25) is 0 Å². The normalized spacial score (nSPS) is 12.8. The molecule has 4 atom stereocenters. The predicted octanol–water partition coefficient (Wildman–Crippen LogP) is 2.20. The molecule has 5 aromatic rings. The minimum atomic E-state index is -1.25. The van der Waals surface area contributed by atoms with Crippen LogP contribution >= 0.6 is 0 Å². The first-order valence-corrected chi connectivity index (χ1v) is 21.9. The standard InChI is InChI=1S/C47H60N12O6/c1-3-22-59(23-4-2)46(65)40(25-33-27-52-36-19-12-11-18-35(33)36)58-43(62)37(20-13-21-51-47(48)49)56-44(63)38(24-31-14-7-5-8-15-31)57-45(64)39(26-34-28-50-30-54-34)55-41(60)29-53-42(61)32-16-9-6-10-17-32/h5-12,14-19,27-28,30,37-40,52H,3-4,13,20-26,29H2,1-2H3,(H,50,54)(H,53,61)(H,55,60)(H,56,63)(H,57,64)(H,58,62)(H4,48,49,51)/t37-,38+,39-,40+/m0/s1. The second kappa shape index (κ2) is 25.0. The van der Waals surface area contributed by atoms with E-state index in [0.29, 0.717) is 49.2 Å². The van der Waals surface area contributed by atoms with Crippen molar-refractivity contribution < 1.29 is 28.8 Å². The number of guanidine groups is 1. The van der Waals surface area contributed by atoms with E-state index in [4.69, 9.17) is 11.1 Å². The van der Waals surface area contributed by atoms with E-state index >= 15 is 0 Å². The van der Waals surface area contributed by atoms with Crippen molar-refractivity contribution in [1.82, 2.24) is 51.8 Å². The third-order valence-electron chi connectivity index (χ3n) is 10.6. The number of hydrogen-bond acceptors (Lipinski definition) is 8. The highest BCUT2D eigenvalue weighted by Crippen LogP contribution is 2.20. The van der Waals surface area contributed by atoms with Crippen LogP contribution in [0.1, 0.15) is 66.7 Å². The Balaban J connectivity index is 1.39. The number of fused-ring (bicyclic) bond motifs is 1. The van der Waals surface area contributed by atoms with Gasteiger partial charge in [-0.1, -0.05) is 80.6 Å². The monoisotopic (exact) mass is 888 g/mol. The van der Waals surface area contributed by atoms with Crippen LogP contribution in [0.15, 0.2) is 104 Å². The molecule has 0 bridgehead atoms. The molecule has 2 heterocycles. The summed E-state index contributed by atoms with van der Waals surface area (Å²) in [5.41, 5.74) is 8.75. The van der Waals surface area contributed by atoms with Gasteiger partial charge in [0.05, 0.1) is 18.6 Å². The van der Waals surface area contributed by atoms with Gasteiger partial charge >= 0.3 is 0 Å². The summed E-state index contributed by atoms with van der Waals surface area (Å²) < 4.78 is 0. The van der Waals surface area contributed by atoms with Crippen LogP contribution in [0, 0.1) is 5.41 Å². The quantitative estimate of drug-likeness (QED) is 0.0234. The minimum absolute atomic E-state index is 0.0134. The van der Waals surface area contributed by atoms with E-state index in [2.05, 4.69) is 46.9 Å². The molecule has 18 heteroatoms. The zero-order chi connectivity index (χ0) is 46.6. The van der Waals surface area contributed by atoms with E-state index in [1.54, 1.807) is 65.7 Å². The Kier molecular flexibility index (Phi) is 18.6. The topological polar surface area (TPSA) is 272 Å². The number of imidazole rings is 1. The van der Waals surface area contributed by atoms with E-state index in [1.807, 2.05) is 50.4 Å². The van der Waals surface area contributed by atoms with Gasteiger partial charge in [-0.15, -0.1) is 0 Å².